The molecule has 1 aliphatic carbocycles. The Morgan fingerprint density at radius 2 is 2.18 bits per heavy atom. The van der Waals surface area contributed by atoms with Gasteiger partial charge in [-0.05, 0) is 50.0 Å². The highest BCUT2D eigenvalue weighted by Crippen LogP contribution is 2.31. The van der Waals surface area contributed by atoms with E-state index in [0.717, 1.165) is 37.0 Å². The maximum absolute atomic E-state index is 9.29. The summed E-state index contributed by atoms with van der Waals surface area (Å²) in [6, 6.07) is 0. The first-order valence-corrected chi connectivity index (χ1v) is 6.91. The Balaban J connectivity index is 1.67. The second kappa shape index (κ2) is 6.14. The SMILES string of the molecule is C[C@H]1CN(CC2CC(O)C2)CCC1CCON. The van der Waals surface area contributed by atoms with E-state index in [9.17, 15) is 5.11 Å². The lowest BCUT2D eigenvalue weighted by Gasteiger charge is -2.41. The van der Waals surface area contributed by atoms with Crippen molar-refractivity contribution in [3.8, 4) is 0 Å². The van der Waals surface area contributed by atoms with Gasteiger partial charge in [-0.1, -0.05) is 6.92 Å². The summed E-state index contributed by atoms with van der Waals surface area (Å²) in [6.45, 7) is 6.60. The van der Waals surface area contributed by atoms with Crippen molar-refractivity contribution in [3.63, 3.8) is 0 Å². The van der Waals surface area contributed by atoms with E-state index in [2.05, 4.69) is 16.7 Å². The lowest BCUT2D eigenvalue weighted by Crippen LogP contribution is -2.45. The normalized spacial score (nSPS) is 39.0. The van der Waals surface area contributed by atoms with Crippen LogP contribution in [0.4, 0.5) is 0 Å². The number of rotatable bonds is 5. The molecular formula is C13H26N2O2. The summed E-state index contributed by atoms with van der Waals surface area (Å²) >= 11 is 0. The van der Waals surface area contributed by atoms with E-state index in [1.54, 1.807) is 0 Å². The van der Waals surface area contributed by atoms with Gasteiger partial charge in [0.1, 0.15) is 0 Å². The number of nitrogens with two attached hydrogens (primary N) is 1. The maximum atomic E-state index is 9.29. The van der Waals surface area contributed by atoms with Crippen molar-refractivity contribution >= 4 is 0 Å². The van der Waals surface area contributed by atoms with Crippen LogP contribution in [0.5, 0.6) is 0 Å². The van der Waals surface area contributed by atoms with Crippen molar-refractivity contribution < 1.29 is 9.94 Å². The van der Waals surface area contributed by atoms with Crippen LogP contribution in [-0.4, -0.2) is 42.4 Å². The molecular weight excluding hydrogens is 216 g/mol. The molecule has 1 aliphatic heterocycles. The summed E-state index contributed by atoms with van der Waals surface area (Å²) in [5, 5.41) is 9.29. The lowest BCUT2D eigenvalue weighted by atomic mass is 9.80. The standard InChI is InChI=1S/C13H26N2O2/c1-10-8-15(9-11-6-13(16)7-11)4-2-12(10)3-5-17-14/h10-13,16H,2-9,14H2,1H3/t10-,11?,12?,13?/m0/s1. The van der Waals surface area contributed by atoms with Crippen LogP contribution in [0.1, 0.15) is 32.6 Å². The number of hydrogen-bond donors (Lipinski definition) is 2. The smallest absolute Gasteiger partial charge is 0.0682 e. The fourth-order valence-electron chi connectivity index (χ4n) is 3.31. The molecule has 0 spiro atoms. The van der Waals surface area contributed by atoms with E-state index in [1.807, 2.05) is 0 Å². The number of likely N-dealkylation sites (tertiary alicyclic amines) is 1. The molecule has 4 nitrogen and oxygen atoms in total. The van der Waals surface area contributed by atoms with Gasteiger partial charge in [0.2, 0.25) is 0 Å². The van der Waals surface area contributed by atoms with Gasteiger partial charge in [-0.2, -0.15) is 0 Å². The van der Waals surface area contributed by atoms with Gasteiger partial charge in [-0.25, -0.2) is 5.90 Å². The minimum absolute atomic E-state index is 0.0170. The Hall–Kier alpha value is -0.160. The third-order valence-electron chi connectivity index (χ3n) is 4.50. The molecule has 0 aromatic heterocycles. The van der Waals surface area contributed by atoms with E-state index < -0.39 is 0 Å². The fraction of sp³-hybridized carbons (Fsp3) is 1.00. The molecule has 1 saturated heterocycles. The van der Waals surface area contributed by atoms with Crippen LogP contribution in [0.3, 0.4) is 0 Å². The Bertz CT molecular complexity index is 231. The number of hydrogen-bond acceptors (Lipinski definition) is 4. The highest BCUT2D eigenvalue weighted by atomic mass is 16.6. The maximum Gasteiger partial charge on any atom is 0.0682 e. The topological polar surface area (TPSA) is 58.7 Å². The predicted molar refractivity (Wildman–Crippen MR) is 67.2 cm³/mol. The third kappa shape index (κ3) is 3.65. The Labute approximate surface area is 104 Å². The average molecular weight is 242 g/mol. The van der Waals surface area contributed by atoms with Gasteiger partial charge in [0.15, 0.2) is 0 Å². The molecule has 2 rings (SSSR count). The lowest BCUT2D eigenvalue weighted by molar-refractivity contribution is 0.00875. The highest BCUT2D eigenvalue weighted by molar-refractivity contribution is 4.84. The predicted octanol–water partition coefficient (Wildman–Crippen LogP) is 0.996. The van der Waals surface area contributed by atoms with Gasteiger partial charge in [0.25, 0.3) is 0 Å². The summed E-state index contributed by atoms with van der Waals surface area (Å²) in [5.74, 6) is 7.33. The zero-order chi connectivity index (χ0) is 12.3. The Morgan fingerprint density at radius 1 is 1.41 bits per heavy atom. The van der Waals surface area contributed by atoms with Crippen molar-refractivity contribution in [2.24, 2.45) is 23.7 Å². The Morgan fingerprint density at radius 3 is 2.76 bits per heavy atom. The van der Waals surface area contributed by atoms with Crippen molar-refractivity contribution in [3.05, 3.63) is 0 Å². The zero-order valence-corrected chi connectivity index (χ0v) is 10.8. The van der Waals surface area contributed by atoms with Gasteiger partial charge in [-0.3, -0.25) is 0 Å². The molecule has 0 radical (unpaired) electrons. The number of aliphatic hydroxyl groups excluding tert-OH is 1. The van der Waals surface area contributed by atoms with Crippen LogP contribution in [0, 0.1) is 17.8 Å². The fourth-order valence-corrected chi connectivity index (χ4v) is 3.31. The number of nitrogens with zero attached hydrogens (tertiary/aromatic N) is 1. The van der Waals surface area contributed by atoms with Gasteiger partial charge in [-0.15, -0.1) is 0 Å². The van der Waals surface area contributed by atoms with Crippen molar-refractivity contribution in [1.82, 2.24) is 4.90 Å². The molecule has 4 heteroatoms. The summed E-state index contributed by atoms with van der Waals surface area (Å²) < 4.78 is 0. The van der Waals surface area contributed by atoms with Gasteiger partial charge in [0, 0.05) is 13.1 Å². The van der Waals surface area contributed by atoms with Crippen LogP contribution in [0.15, 0.2) is 0 Å². The molecule has 2 aliphatic rings. The molecule has 17 heavy (non-hydrogen) atoms. The zero-order valence-electron chi connectivity index (χ0n) is 10.8. The average Bonchev–Trinajstić information content (AvgIpc) is 2.26. The summed E-state index contributed by atoms with van der Waals surface area (Å²) in [5.41, 5.74) is 0. The number of aliphatic hydroxyl groups is 1. The molecule has 3 N–H and O–H groups in total. The van der Waals surface area contributed by atoms with Gasteiger partial charge < -0.3 is 14.8 Å². The highest BCUT2D eigenvalue weighted by Gasteiger charge is 2.32. The largest absolute Gasteiger partial charge is 0.393 e. The molecule has 2 fully saturated rings. The van der Waals surface area contributed by atoms with E-state index in [-0.39, 0.29) is 6.10 Å². The molecule has 0 aromatic carbocycles. The first kappa shape index (κ1) is 13.3. The summed E-state index contributed by atoms with van der Waals surface area (Å²) in [7, 11) is 0. The molecule has 0 amide bonds. The Kier molecular flexibility index (Phi) is 4.79. The first-order valence-electron chi connectivity index (χ1n) is 6.91. The van der Waals surface area contributed by atoms with Crippen molar-refractivity contribution in [1.29, 1.82) is 0 Å². The third-order valence-corrected chi connectivity index (χ3v) is 4.50. The van der Waals surface area contributed by atoms with Crippen LogP contribution in [0.2, 0.25) is 0 Å². The van der Waals surface area contributed by atoms with Crippen molar-refractivity contribution in [2.75, 3.05) is 26.2 Å². The van der Waals surface area contributed by atoms with E-state index in [4.69, 9.17) is 5.90 Å². The second-order valence-corrected chi connectivity index (χ2v) is 5.94. The van der Waals surface area contributed by atoms with E-state index in [0.29, 0.717) is 6.61 Å². The van der Waals surface area contributed by atoms with Crippen LogP contribution < -0.4 is 5.90 Å². The minimum atomic E-state index is -0.0170. The quantitative estimate of drug-likeness (QED) is 0.706. The molecule has 100 valence electrons. The van der Waals surface area contributed by atoms with Gasteiger partial charge >= 0.3 is 0 Å². The van der Waals surface area contributed by atoms with E-state index >= 15 is 0 Å². The molecule has 2 atom stereocenters. The minimum Gasteiger partial charge on any atom is -0.393 e. The number of piperidine rings is 1. The molecule has 1 unspecified atom stereocenters. The summed E-state index contributed by atoms with van der Waals surface area (Å²) in [4.78, 5) is 7.25. The second-order valence-electron chi connectivity index (χ2n) is 5.94. The first-order chi connectivity index (χ1) is 8.19. The van der Waals surface area contributed by atoms with Crippen LogP contribution in [-0.2, 0) is 4.84 Å². The van der Waals surface area contributed by atoms with Crippen LogP contribution >= 0.6 is 0 Å². The van der Waals surface area contributed by atoms with Gasteiger partial charge in [0.05, 0.1) is 12.7 Å². The summed E-state index contributed by atoms with van der Waals surface area (Å²) in [6.07, 6.45) is 4.36. The molecule has 1 heterocycles. The molecule has 0 bridgehead atoms. The van der Waals surface area contributed by atoms with E-state index in [1.165, 1.54) is 26.1 Å². The molecule has 1 saturated carbocycles. The molecule has 0 aromatic rings. The van der Waals surface area contributed by atoms with Crippen LogP contribution in [0.25, 0.3) is 0 Å². The van der Waals surface area contributed by atoms with Crippen molar-refractivity contribution in [2.45, 2.75) is 38.7 Å². The monoisotopic (exact) mass is 242 g/mol.